The van der Waals surface area contributed by atoms with Gasteiger partial charge in [-0.1, -0.05) is 35.5 Å². The van der Waals surface area contributed by atoms with E-state index in [-0.39, 0.29) is 11.0 Å². The molecule has 0 saturated heterocycles. The van der Waals surface area contributed by atoms with Crippen molar-refractivity contribution in [3.8, 4) is 0 Å². The molecule has 3 aromatic rings. The van der Waals surface area contributed by atoms with Crippen molar-refractivity contribution < 1.29 is 4.79 Å². The van der Waals surface area contributed by atoms with Crippen LogP contribution in [0, 0.1) is 13.8 Å². The summed E-state index contributed by atoms with van der Waals surface area (Å²) in [5, 5.41) is 5.19. The summed E-state index contributed by atoms with van der Waals surface area (Å²) in [7, 11) is 0. The van der Waals surface area contributed by atoms with Crippen LogP contribution in [0.1, 0.15) is 28.7 Å². The minimum Gasteiger partial charge on any atom is -0.293 e. The first-order valence-electron chi connectivity index (χ1n) is 7.11. The van der Waals surface area contributed by atoms with Gasteiger partial charge in [-0.3, -0.25) is 4.79 Å². The van der Waals surface area contributed by atoms with Crippen LogP contribution in [-0.4, -0.2) is 30.6 Å². The second kappa shape index (κ2) is 6.29. The minimum absolute atomic E-state index is 0.00258. The van der Waals surface area contributed by atoms with Crippen molar-refractivity contribution >= 4 is 34.9 Å². The van der Waals surface area contributed by atoms with Crippen molar-refractivity contribution in [3.05, 3.63) is 52.3 Å². The molecule has 0 spiro atoms. The van der Waals surface area contributed by atoms with Gasteiger partial charge < -0.3 is 0 Å². The van der Waals surface area contributed by atoms with E-state index < -0.39 is 0 Å². The molecule has 1 unspecified atom stereocenters. The van der Waals surface area contributed by atoms with Gasteiger partial charge in [-0.2, -0.15) is 4.98 Å². The number of carbonyl (C=O) groups excluding carboxylic acids is 1. The van der Waals surface area contributed by atoms with Crippen LogP contribution in [0.3, 0.4) is 0 Å². The van der Waals surface area contributed by atoms with Gasteiger partial charge in [-0.25, -0.2) is 9.50 Å². The summed E-state index contributed by atoms with van der Waals surface area (Å²) in [5.74, 6) is 0.546. The van der Waals surface area contributed by atoms with E-state index in [0.29, 0.717) is 21.5 Å². The van der Waals surface area contributed by atoms with Crippen LogP contribution in [0.2, 0.25) is 5.02 Å². The van der Waals surface area contributed by atoms with Crippen molar-refractivity contribution in [2.75, 3.05) is 0 Å². The number of halogens is 1. The van der Waals surface area contributed by atoms with Crippen molar-refractivity contribution in [1.82, 2.24) is 19.6 Å². The number of benzene rings is 1. The Balaban J connectivity index is 1.84. The lowest BCUT2D eigenvalue weighted by Gasteiger charge is -2.07. The van der Waals surface area contributed by atoms with E-state index in [9.17, 15) is 4.79 Å². The molecule has 0 aliphatic rings. The molecule has 0 saturated carbocycles. The Morgan fingerprint density at radius 3 is 2.78 bits per heavy atom. The molecule has 2 aromatic heterocycles. The zero-order chi connectivity index (χ0) is 16.6. The van der Waals surface area contributed by atoms with E-state index in [2.05, 4.69) is 15.1 Å². The number of rotatable bonds is 4. The molecule has 0 N–H and O–H groups in total. The molecular weight excluding hydrogens is 332 g/mol. The number of nitrogens with zero attached hydrogens (tertiary/aromatic N) is 4. The lowest BCUT2D eigenvalue weighted by molar-refractivity contribution is 0.0994. The van der Waals surface area contributed by atoms with E-state index >= 15 is 0 Å². The Labute approximate surface area is 143 Å². The van der Waals surface area contributed by atoms with Gasteiger partial charge in [0.15, 0.2) is 5.78 Å². The summed E-state index contributed by atoms with van der Waals surface area (Å²) >= 11 is 7.26. The van der Waals surface area contributed by atoms with Crippen LogP contribution in [0.4, 0.5) is 0 Å². The molecule has 1 aromatic carbocycles. The first kappa shape index (κ1) is 16.0. The van der Waals surface area contributed by atoms with Gasteiger partial charge >= 0.3 is 0 Å². The van der Waals surface area contributed by atoms with Crippen LogP contribution in [0.15, 0.2) is 35.5 Å². The molecule has 0 fully saturated rings. The van der Waals surface area contributed by atoms with E-state index in [1.165, 1.54) is 11.8 Å². The molecule has 0 amide bonds. The normalized spacial score (nSPS) is 12.5. The quantitative estimate of drug-likeness (QED) is 0.531. The van der Waals surface area contributed by atoms with Gasteiger partial charge in [-0.05, 0) is 39.0 Å². The molecule has 0 radical (unpaired) electrons. The molecule has 1 atom stereocenters. The van der Waals surface area contributed by atoms with E-state index in [1.807, 2.05) is 26.8 Å². The summed E-state index contributed by atoms with van der Waals surface area (Å²) in [5.41, 5.74) is 2.44. The first-order chi connectivity index (χ1) is 10.9. The lowest BCUT2D eigenvalue weighted by Crippen LogP contribution is -2.13. The van der Waals surface area contributed by atoms with Crippen LogP contribution in [-0.2, 0) is 0 Å². The van der Waals surface area contributed by atoms with Gasteiger partial charge in [0, 0.05) is 22.0 Å². The van der Waals surface area contributed by atoms with Crippen LogP contribution in [0.25, 0.3) is 5.78 Å². The predicted octanol–water partition coefficient (Wildman–Crippen LogP) is 3.76. The third-order valence-corrected chi connectivity index (χ3v) is 4.55. The molecule has 0 aliphatic heterocycles. The Morgan fingerprint density at radius 1 is 1.26 bits per heavy atom. The molecule has 23 heavy (non-hydrogen) atoms. The number of Topliss-reactive ketones (excluding diaryl/α,β-unsaturated/α-hetero) is 1. The van der Waals surface area contributed by atoms with E-state index in [4.69, 9.17) is 11.6 Å². The smallest absolute Gasteiger partial charge is 0.253 e. The number of aryl methyl sites for hydroxylation is 2. The zero-order valence-electron chi connectivity index (χ0n) is 12.9. The highest BCUT2D eigenvalue weighted by Crippen LogP contribution is 2.24. The van der Waals surface area contributed by atoms with E-state index in [0.717, 1.165) is 11.4 Å². The monoisotopic (exact) mass is 346 g/mol. The Hall–Kier alpha value is -1.92. The third-order valence-electron chi connectivity index (χ3n) is 3.36. The second-order valence-electron chi connectivity index (χ2n) is 5.28. The van der Waals surface area contributed by atoms with Gasteiger partial charge in [-0.15, -0.1) is 5.10 Å². The summed E-state index contributed by atoms with van der Waals surface area (Å²) in [4.78, 5) is 21.2. The van der Waals surface area contributed by atoms with Crippen molar-refractivity contribution in [1.29, 1.82) is 0 Å². The molecule has 2 heterocycles. The number of hydrogen-bond acceptors (Lipinski definition) is 5. The number of carbonyl (C=O) groups is 1. The highest BCUT2D eigenvalue weighted by Gasteiger charge is 2.19. The van der Waals surface area contributed by atoms with E-state index in [1.54, 1.807) is 28.8 Å². The third kappa shape index (κ3) is 3.38. The maximum atomic E-state index is 12.5. The Morgan fingerprint density at radius 2 is 2.04 bits per heavy atom. The van der Waals surface area contributed by atoms with Crippen molar-refractivity contribution in [2.24, 2.45) is 0 Å². The maximum absolute atomic E-state index is 12.5. The fourth-order valence-electron chi connectivity index (χ4n) is 2.29. The number of fused-ring (bicyclic) bond motifs is 1. The number of aromatic nitrogens is 4. The lowest BCUT2D eigenvalue weighted by atomic mass is 10.1. The van der Waals surface area contributed by atoms with Crippen LogP contribution >= 0.6 is 23.4 Å². The topological polar surface area (TPSA) is 60.2 Å². The largest absolute Gasteiger partial charge is 0.293 e. The number of hydrogen-bond donors (Lipinski definition) is 0. The Kier molecular flexibility index (Phi) is 4.37. The van der Waals surface area contributed by atoms with Gasteiger partial charge in [0.05, 0.1) is 5.25 Å². The molecular formula is C16H15ClN4OS. The summed E-state index contributed by atoms with van der Waals surface area (Å²) in [6, 6.07) is 8.89. The zero-order valence-corrected chi connectivity index (χ0v) is 14.5. The SMILES string of the molecule is Cc1cc(C)n2nc(SC(C)C(=O)c3cccc(Cl)c3)nc2n1. The predicted molar refractivity (Wildman–Crippen MR) is 91.4 cm³/mol. The van der Waals surface area contributed by atoms with Gasteiger partial charge in [0.25, 0.3) is 5.78 Å². The second-order valence-corrected chi connectivity index (χ2v) is 7.02. The van der Waals surface area contributed by atoms with Crippen molar-refractivity contribution in [2.45, 2.75) is 31.2 Å². The van der Waals surface area contributed by atoms with Gasteiger partial charge in [0.2, 0.25) is 5.16 Å². The average molecular weight is 347 g/mol. The highest BCUT2D eigenvalue weighted by atomic mass is 35.5. The molecule has 5 nitrogen and oxygen atoms in total. The maximum Gasteiger partial charge on any atom is 0.253 e. The minimum atomic E-state index is -0.313. The first-order valence-corrected chi connectivity index (χ1v) is 8.37. The Bertz CT molecular complexity index is 893. The van der Waals surface area contributed by atoms with Crippen LogP contribution < -0.4 is 0 Å². The molecule has 7 heteroatoms. The summed E-state index contributed by atoms with van der Waals surface area (Å²) in [6.07, 6.45) is 0. The summed E-state index contributed by atoms with van der Waals surface area (Å²) in [6.45, 7) is 5.70. The summed E-state index contributed by atoms with van der Waals surface area (Å²) < 4.78 is 1.69. The molecule has 0 bridgehead atoms. The number of ketones is 1. The molecule has 118 valence electrons. The molecule has 3 rings (SSSR count). The van der Waals surface area contributed by atoms with Crippen LogP contribution in [0.5, 0.6) is 0 Å². The average Bonchev–Trinajstić information content (AvgIpc) is 2.89. The molecule has 0 aliphatic carbocycles. The standard InChI is InChI=1S/C16H15ClN4OS/c1-9-7-10(2)21-15(18-9)19-16(20-21)23-11(3)14(22)12-5-4-6-13(17)8-12/h4-8,11H,1-3H3. The van der Waals surface area contributed by atoms with Gasteiger partial charge in [0.1, 0.15) is 0 Å². The number of thioether (sulfide) groups is 1. The fraction of sp³-hybridized carbons (Fsp3) is 0.250. The van der Waals surface area contributed by atoms with Crippen molar-refractivity contribution in [3.63, 3.8) is 0 Å². The fourth-order valence-corrected chi connectivity index (χ4v) is 3.30. The highest BCUT2D eigenvalue weighted by molar-refractivity contribution is 8.00.